The number of carbonyl (C=O) groups excluding carboxylic acids is 1. The molecular weight excluding hydrogens is 355 g/mol. The average molecular weight is 366 g/mol. The van der Waals surface area contributed by atoms with Gasteiger partial charge in [0.05, 0.1) is 0 Å². The Morgan fingerprint density at radius 1 is 1.00 bits per heavy atom. The van der Waals surface area contributed by atoms with Gasteiger partial charge in [0.15, 0.2) is 0 Å². The Labute approximate surface area is 121 Å². The maximum absolute atomic E-state index is 11.8. The van der Waals surface area contributed by atoms with Gasteiger partial charge >= 0.3 is 122 Å². The van der Waals surface area contributed by atoms with E-state index < -0.39 is 0 Å². The van der Waals surface area contributed by atoms with E-state index in [9.17, 15) is 4.79 Å². The molecule has 0 fully saturated rings. The first kappa shape index (κ1) is 13.3. The first-order chi connectivity index (χ1) is 8.74. The Morgan fingerprint density at radius 3 is 2.33 bits per heavy atom. The molecule has 0 saturated heterocycles. The van der Waals surface area contributed by atoms with Crippen molar-refractivity contribution in [2.45, 2.75) is 0 Å². The van der Waals surface area contributed by atoms with E-state index in [0.717, 1.165) is 14.5 Å². The van der Waals surface area contributed by atoms with E-state index >= 15 is 0 Å². The van der Waals surface area contributed by atoms with E-state index in [4.69, 9.17) is 0 Å². The second kappa shape index (κ2) is 6.69. The van der Waals surface area contributed by atoms with Crippen LogP contribution in [0.2, 0.25) is 0 Å². The van der Waals surface area contributed by atoms with E-state index in [0.29, 0.717) is 0 Å². The summed E-state index contributed by atoms with van der Waals surface area (Å²) in [7, 11) is 0. The van der Waals surface area contributed by atoms with E-state index in [1.807, 2.05) is 60.7 Å². The third-order valence-corrected chi connectivity index (χ3v) is 4.55. The molecule has 2 rings (SSSR count). The van der Waals surface area contributed by atoms with Gasteiger partial charge < -0.3 is 0 Å². The molecule has 2 aromatic rings. The summed E-state index contributed by atoms with van der Waals surface area (Å²) in [4.78, 5) is 11.8. The molecular formula is C15H11BrOSe. The van der Waals surface area contributed by atoms with Gasteiger partial charge in [0.1, 0.15) is 0 Å². The van der Waals surface area contributed by atoms with Gasteiger partial charge in [-0.25, -0.2) is 0 Å². The second-order valence-electron chi connectivity index (χ2n) is 3.62. The van der Waals surface area contributed by atoms with Crippen LogP contribution in [-0.2, 0) is 4.79 Å². The second-order valence-corrected chi connectivity index (χ2v) is 6.80. The minimum atomic E-state index is -0.147. The maximum atomic E-state index is 11.8. The summed E-state index contributed by atoms with van der Waals surface area (Å²) in [5.74, 6) is 0. The number of benzene rings is 2. The summed E-state index contributed by atoms with van der Waals surface area (Å²) in [6, 6.07) is 17.7. The normalized spacial score (nSPS) is 10.7. The number of rotatable bonds is 4. The molecule has 0 spiro atoms. The fourth-order valence-electron chi connectivity index (χ4n) is 1.38. The molecule has 0 amide bonds. The summed E-state index contributed by atoms with van der Waals surface area (Å²) in [6.07, 6.45) is 3.53. The van der Waals surface area contributed by atoms with Crippen molar-refractivity contribution in [2.24, 2.45) is 0 Å². The quantitative estimate of drug-likeness (QED) is 0.601. The van der Waals surface area contributed by atoms with Gasteiger partial charge in [0.2, 0.25) is 0 Å². The average Bonchev–Trinajstić information content (AvgIpc) is 2.40. The van der Waals surface area contributed by atoms with Crippen LogP contribution in [0.5, 0.6) is 0 Å². The van der Waals surface area contributed by atoms with Gasteiger partial charge in [-0.1, -0.05) is 0 Å². The zero-order chi connectivity index (χ0) is 12.8. The fourth-order valence-corrected chi connectivity index (χ4v) is 2.99. The molecule has 3 heteroatoms. The molecule has 0 aromatic heterocycles. The van der Waals surface area contributed by atoms with Crippen LogP contribution in [0.15, 0.2) is 65.1 Å². The van der Waals surface area contributed by atoms with Crippen LogP contribution < -0.4 is 4.46 Å². The van der Waals surface area contributed by atoms with Gasteiger partial charge in [-0.15, -0.1) is 0 Å². The molecule has 0 radical (unpaired) electrons. The van der Waals surface area contributed by atoms with Crippen LogP contribution in [-0.4, -0.2) is 19.6 Å². The third kappa shape index (κ3) is 4.26. The molecule has 0 saturated carbocycles. The van der Waals surface area contributed by atoms with Crippen molar-refractivity contribution in [3.8, 4) is 0 Å². The molecule has 0 aliphatic rings. The van der Waals surface area contributed by atoms with Gasteiger partial charge in [-0.2, -0.15) is 0 Å². The Morgan fingerprint density at radius 2 is 1.67 bits per heavy atom. The first-order valence-corrected chi connectivity index (χ1v) is 7.95. The van der Waals surface area contributed by atoms with Crippen molar-refractivity contribution in [2.75, 3.05) is 0 Å². The van der Waals surface area contributed by atoms with E-state index in [1.165, 1.54) is 0 Å². The molecule has 0 heterocycles. The molecule has 0 bridgehead atoms. The summed E-state index contributed by atoms with van der Waals surface area (Å²) in [5, 5.41) is 0. The van der Waals surface area contributed by atoms with Crippen molar-refractivity contribution in [3.63, 3.8) is 0 Å². The number of halogens is 1. The van der Waals surface area contributed by atoms with Crippen LogP contribution in [0.1, 0.15) is 5.56 Å². The predicted octanol–water partition coefficient (Wildman–Crippen LogP) is 3.02. The van der Waals surface area contributed by atoms with Crippen LogP contribution in [0.4, 0.5) is 0 Å². The van der Waals surface area contributed by atoms with E-state index in [-0.39, 0.29) is 19.6 Å². The minimum absolute atomic E-state index is 0.147. The monoisotopic (exact) mass is 366 g/mol. The Bertz CT molecular complexity index is 546. The summed E-state index contributed by atoms with van der Waals surface area (Å²) in [5.41, 5.74) is 1.05. The van der Waals surface area contributed by atoms with Gasteiger partial charge in [0.25, 0.3) is 0 Å². The van der Waals surface area contributed by atoms with Crippen molar-refractivity contribution >= 4 is 46.1 Å². The summed E-state index contributed by atoms with van der Waals surface area (Å²) in [6.45, 7) is 0. The Kier molecular flexibility index (Phi) is 4.94. The zero-order valence-corrected chi connectivity index (χ0v) is 12.8. The molecule has 0 aliphatic carbocycles. The molecule has 0 atom stereocenters. The van der Waals surface area contributed by atoms with Crippen LogP contribution in [0, 0.1) is 0 Å². The van der Waals surface area contributed by atoms with Gasteiger partial charge in [-0.05, 0) is 0 Å². The van der Waals surface area contributed by atoms with Gasteiger partial charge in [-0.3, -0.25) is 0 Å². The summed E-state index contributed by atoms with van der Waals surface area (Å²) >= 11 is 3.23. The molecule has 2 aromatic carbocycles. The van der Waals surface area contributed by atoms with E-state index in [2.05, 4.69) is 15.9 Å². The topological polar surface area (TPSA) is 17.1 Å². The van der Waals surface area contributed by atoms with Crippen molar-refractivity contribution in [3.05, 3.63) is 70.7 Å². The van der Waals surface area contributed by atoms with Gasteiger partial charge in [0, 0.05) is 0 Å². The molecule has 90 valence electrons. The number of allylic oxidation sites excluding steroid dienone is 1. The van der Waals surface area contributed by atoms with Crippen LogP contribution in [0.3, 0.4) is 0 Å². The standard InChI is InChI=1S/C15H11BrOSe/c16-13-7-9-14(10-8-13)18-15(17)11-6-12-4-2-1-3-5-12/h1-11H/b11-6+. The number of carbonyl (C=O) groups is 1. The molecule has 1 nitrogen and oxygen atoms in total. The third-order valence-electron chi connectivity index (χ3n) is 2.24. The molecule has 0 unspecified atom stereocenters. The van der Waals surface area contributed by atoms with Crippen LogP contribution in [0.25, 0.3) is 6.08 Å². The number of hydrogen-bond donors (Lipinski definition) is 0. The van der Waals surface area contributed by atoms with Crippen molar-refractivity contribution < 1.29 is 4.79 Å². The fraction of sp³-hybridized carbons (Fsp3) is 0. The summed E-state index contributed by atoms with van der Waals surface area (Å²) < 4.78 is 2.30. The molecule has 18 heavy (non-hydrogen) atoms. The number of hydrogen-bond acceptors (Lipinski definition) is 1. The Hall–Kier alpha value is -1.15. The van der Waals surface area contributed by atoms with Crippen LogP contribution >= 0.6 is 15.9 Å². The SMILES string of the molecule is O=C(/C=C/c1ccccc1)[Se]c1ccc(Br)cc1. The molecule has 0 N–H and O–H groups in total. The van der Waals surface area contributed by atoms with Crippen molar-refractivity contribution in [1.29, 1.82) is 0 Å². The molecule has 0 aliphatic heterocycles. The predicted molar refractivity (Wildman–Crippen MR) is 80.0 cm³/mol. The van der Waals surface area contributed by atoms with Crippen molar-refractivity contribution in [1.82, 2.24) is 0 Å². The Balaban J connectivity index is 1.97. The zero-order valence-electron chi connectivity index (χ0n) is 9.55. The van der Waals surface area contributed by atoms with E-state index in [1.54, 1.807) is 6.08 Å². The first-order valence-electron chi connectivity index (χ1n) is 5.44.